The monoisotopic (exact) mass is 458 g/mol. The summed E-state index contributed by atoms with van der Waals surface area (Å²) >= 11 is 0. The molecule has 1 aliphatic rings. The Hall–Kier alpha value is -2.75. The number of nitrogens with zero attached hydrogens (tertiary/aromatic N) is 2. The molecule has 2 aromatic rings. The lowest BCUT2D eigenvalue weighted by Gasteiger charge is -2.34. The molecule has 0 radical (unpaired) electrons. The largest absolute Gasteiger partial charge is 0.296 e. The molecule has 8 nitrogen and oxygen atoms in total. The standard InChI is InChI=1S/C23H30N4O4S/c1-3-18(2)22(28)24-25-23(29)20-9-11-21(12-10-20)32(30,31)27-15-13-26(14-16-27)17-19-7-5-4-6-8-19/h4-12,18H,3,13-17H2,1-2H3,(H,24,28)(H,25,29). The molecule has 1 unspecified atom stereocenters. The molecule has 0 bridgehead atoms. The van der Waals surface area contributed by atoms with Crippen LogP contribution >= 0.6 is 0 Å². The highest BCUT2D eigenvalue weighted by molar-refractivity contribution is 7.89. The Morgan fingerprint density at radius 1 is 0.938 bits per heavy atom. The Bertz CT molecular complexity index is 1020. The molecular weight excluding hydrogens is 428 g/mol. The number of carbonyl (C=O) groups is 2. The van der Waals surface area contributed by atoms with Crippen LogP contribution in [0, 0.1) is 5.92 Å². The van der Waals surface area contributed by atoms with Crippen molar-refractivity contribution >= 4 is 21.8 Å². The second kappa shape index (κ2) is 10.7. The maximum atomic E-state index is 13.0. The van der Waals surface area contributed by atoms with E-state index in [1.165, 1.54) is 34.1 Å². The number of hydrogen-bond donors (Lipinski definition) is 2. The normalized spacial score (nSPS) is 16.3. The van der Waals surface area contributed by atoms with Crippen LogP contribution in [0.1, 0.15) is 36.2 Å². The maximum Gasteiger partial charge on any atom is 0.269 e. The minimum atomic E-state index is -3.64. The Labute approximate surface area is 189 Å². The first-order chi connectivity index (χ1) is 15.3. The molecule has 1 heterocycles. The molecule has 0 saturated carbocycles. The van der Waals surface area contributed by atoms with Crippen molar-refractivity contribution in [3.05, 3.63) is 65.7 Å². The number of rotatable bonds is 7. The SMILES string of the molecule is CCC(C)C(=O)NNC(=O)c1ccc(S(=O)(=O)N2CCN(Cc3ccccc3)CC2)cc1. The van der Waals surface area contributed by atoms with Gasteiger partial charge in [-0.05, 0) is 36.2 Å². The smallest absolute Gasteiger partial charge is 0.269 e. The summed E-state index contributed by atoms with van der Waals surface area (Å²) in [5.41, 5.74) is 6.21. The number of hydrogen-bond acceptors (Lipinski definition) is 5. The first-order valence-electron chi connectivity index (χ1n) is 10.8. The van der Waals surface area contributed by atoms with Crippen LogP contribution < -0.4 is 10.9 Å². The maximum absolute atomic E-state index is 13.0. The zero-order valence-corrected chi connectivity index (χ0v) is 19.3. The number of carbonyl (C=O) groups excluding carboxylic acids is 2. The van der Waals surface area contributed by atoms with Crippen LogP contribution in [-0.2, 0) is 21.4 Å². The third-order valence-electron chi connectivity index (χ3n) is 5.69. The van der Waals surface area contributed by atoms with E-state index in [4.69, 9.17) is 0 Å². The molecule has 1 fully saturated rings. The van der Waals surface area contributed by atoms with Gasteiger partial charge in [0.25, 0.3) is 5.91 Å². The van der Waals surface area contributed by atoms with Gasteiger partial charge in [0.05, 0.1) is 4.90 Å². The van der Waals surface area contributed by atoms with E-state index in [2.05, 4.69) is 27.9 Å². The molecule has 0 spiro atoms. The van der Waals surface area contributed by atoms with Gasteiger partial charge in [0, 0.05) is 44.2 Å². The molecule has 32 heavy (non-hydrogen) atoms. The van der Waals surface area contributed by atoms with Gasteiger partial charge in [-0.25, -0.2) is 8.42 Å². The predicted octanol–water partition coefficient (Wildman–Crippen LogP) is 2.00. The lowest BCUT2D eigenvalue weighted by atomic mass is 10.1. The molecule has 1 saturated heterocycles. The van der Waals surface area contributed by atoms with E-state index < -0.39 is 15.9 Å². The van der Waals surface area contributed by atoms with E-state index in [9.17, 15) is 18.0 Å². The van der Waals surface area contributed by atoms with Crippen molar-refractivity contribution in [1.29, 1.82) is 0 Å². The number of hydrazine groups is 1. The zero-order valence-electron chi connectivity index (χ0n) is 18.5. The van der Waals surface area contributed by atoms with Gasteiger partial charge in [0.15, 0.2) is 0 Å². The summed E-state index contributed by atoms with van der Waals surface area (Å²) in [6.07, 6.45) is 0.661. The van der Waals surface area contributed by atoms with Crippen LogP contribution in [0.15, 0.2) is 59.5 Å². The summed E-state index contributed by atoms with van der Waals surface area (Å²) < 4.78 is 27.5. The molecule has 2 N–H and O–H groups in total. The van der Waals surface area contributed by atoms with E-state index in [1.54, 1.807) is 6.92 Å². The summed E-state index contributed by atoms with van der Waals surface area (Å²) in [5, 5.41) is 0. The highest BCUT2D eigenvalue weighted by atomic mass is 32.2. The van der Waals surface area contributed by atoms with E-state index in [0.717, 1.165) is 6.54 Å². The van der Waals surface area contributed by atoms with Crippen LogP contribution in [0.2, 0.25) is 0 Å². The molecule has 1 aliphatic heterocycles. The van der Waals surface area contributed by atoms with Crippen LogP contribution in [0.25, 0.3) is 0 Å². The average Bonchev–Trinajstić information content (AvgIpc) is 2.82. The molecule has 2 amide bonds. The van der Waals surface area contributed by atoms with Crippen molar-refractivity contribution in [2.45, 2.75) is 31.7 Å². The molecule has 2 aromatic carbocycles. The number of nitrogens with one attached hydrogen (secondary N) is 2. The fourth-order valence-electron chi connectivity index (χ4n) is 3.40. The van der Waals surface area contributed by atoms with Crippen molar-refractivity contribution in [3.8, 4) is 0 Å². The lowest BCUT2D eigenvalue weighted by Crippen LogP contribution is -2.48. The van der Waals surface area contributed by atoms with Gasteiger partial charge in [0.2, 0.25) is 15.9 Å². The topological polar surface area (TPSA) is 98.8 Å². The Morgan fingerprint density at radius 3 is 2.16 bits per heavy atom. The highest BCUT2D eigenvalue weighted by Crippen LogP contribution is 2.19. The van der Waals surface area contributed by atoms with E-state index in [1.807, 2.05) is 25.1 Å². The summed E-state index contributed by atoms with van der Waals surface area (Å²) in [5.74, 6) is -0.984. The van der Waals surface area contributed by atoms with Crippen molar-refractivity contribution in [2.75, 3.05) is 26.2 Å². The Balaban J connectivity index is 1.56. The number of piperazine rings is 1. The fraction of sp³-hybridized carbons (Fsp3) is 0.391. The third kappa shape index (κ3) is 5.93. The molecule has 9 heteroatoms. The Morgan fingerprint density at radius 2 is 1.56 bits per heavy atom. The van der Waals surface area contributed by atoms with Crippen molar-refractivity contribution in [1.82, 2.24) is 20.1 Å². The van der Waals surface area contributed by atoms with Crippen LogP contribution in [0.5, 0.6) is 0 Å². The minimum absolute atomic E-state index is 0.147. The number of sulfonamides is 1. The highest BCUT2D eigenvalue weighted by Gasteiger charge is 2.28. The van der Waals surface area contributed by atoms with Gasteiger partial charge >= 0.3 is 0 Å². The molecule has 172 valence electrons. The second-order valence-electron chi connectivity index (χ2n) is 7.94. The predicted molar refractivity (Wildman–Crippen MR) is 122 cm³/mol. The van der Waals surface area contributed by atoms with Gasteiger partial charge in [-0.1, -0.05) is 44.2 Å². The quantitative estimate of drug-likeness (QED) is 0.619. The van der Waals surface area contributed by atoms with Crippen molar-refractivity contribution in [3.63, 3.8) is 0 Å². The third-order valence-corrected chi connectivity index (χ3v) is 7.61. The molecule has 3 rings (SSSR count). The second-order valence-corrected chi connectivity index (χ2v) is 9.88. The van der Waals surface area contributed by atoms with Crippen LogP contribution in [0.3, 0.4) is 0 Å². The summed E-state index contributed by atoms with van der Waals surface area (Å²) in [7, 11) is -3.64. The molecule has 0 aliphatic carbocycles. The van der Waals surface area contributed by atoms with Gasteiger partial charge in [-0.2, -0.15) is 4.31 Å². The van der Waals surface area contributed by atoms with Gasteiger partial charge in [-0.15, -0.1) is 0 Å². The molecular formula is C23H30N4O4S. The van der Waals surface area contributed by atoms with Crippen molar-refractivity contribution < 1.29 is 18.0 Å². The van der Waals surface area contributed by atoms with E-state index in [-0.39, 0.29) is 22.3 Å². The molecule has 1 atom stereocenters. The van der Waals surface area contributed by atoms with Gasteiger partial charge in [-0.3, -0.25) is 25.3 Å². The van der Waals surface area contributed by atoms with Gasteiger partial charge < -0.3 is 0 Å². The minimum Gasteiger partial charge on any atom is -0.296 e. The first-order valence-corrected chi connectivity index (χ1v) is 12.2. The van der Waals surface area contributed by atoms with Gasteiger partial charge in [0.1, 0.15) is 0 Å². The summed E-state index contributed by atoms with van der Waals surface area (Å²) in [4.78, 5) is 26.4. The lowest BCUT2D eigenvalue weighted by molar-refractivity contribution is -0.125. The van der Waals surface area contributed by atoms with E-state index >= 15 is 0 Å². The fourth-order valence-corrected chi connectivity index (χ4v) is 4.82. The zero-order chi connectivity index (χ0) is 23.1. The van der Waals surface area contributed by atoms with Crippen LogP contribution in [-0.4, -0.2) is 55.6 Å². The summed E-state index contributed by atoms with van der Waals surface area (Å²) in [6.45, 7) is 6.59. The van der Waals surface area contributed by atoms with Crippen molar-refractivity contribution in [2.24, 2.45) is 5.92 Å². The first kappa shape index (κ1) is 23.9. The van der Waals surface area contributed by atoms with E-state index in [0.29, 0.717) is 32.6 Å². The summed E-state index contributed by atoms with van der Waals surface area (Å²) in [6, 6.07) is 15.9. The number of benzene rings is 2. The number of amides is 2. The average molecular weight is 459 g/mol. The molecule has 0 aromatic heterocycles. The Kier molecular flexibility index (Phi) is 8.00. The van der Waals surface area contributed by atoms with Crippen LogP contribution in [0.4, 0.5) is 0 Å².